The van der Waals surface area contributed by atoms with Crippen LogP contribution in [0.4, 0.5) is 0 Å². The Kier molecular flexibility index (Phi) is 5.62. The molecular weight excluding hydrogens is 400 g/mol. The number of para-hydroxylation sites is 4. The van der Waals surface area contributed by atoms with E-state index in [9.17, 15) is 13.0 Å². The van der Waals surface area contributed by atoms with Crippen molar-refractivity contribution in [2.45, 2.75) is 45.7 Å². The molecule has 2 aromatic carbocycles. The lowest BCUT2D eigenvalue weighted by Crippen LogP contribution is -2.16. The van der Waals surface area contributed by atoms with Crippen molar-refractivity contribution < 1.29 is 13.0 Å². The van der Waals surface area contributed by atoms with Gasteiger partial charge in [0.2, 0.25) is 0 Å². The monoisotopic (exact) mass is 425 g/mol. The standard InChI is InChI=1S/C22H26N4O3S/c1-3-25-19-13-7-5-11-17(19)23-21(25)16(10-9-15-30(27,28)29)22-24-18-12-6-8-14-20(18)26(22)4-2/h5-8,11-14,16H,3-4,9-10,15H2,1-2H3,(H,27,28,29)/p-1. The third kappa shape index (κ3) is 3.85. The van der Waals surface area contributed by atoms with Crippen LogP contribution in [-0.2, 0) is 23.2 Å². The van der Waals surface area contributed by atoms with Crippen LogP contribution in [0.25, 0.3) is 22.1 Å². The number of benzene rings is 2. The summed E-state index contributed by atoms with van der Waals surface area (Å²) >= 11 is 0. The van der Waals surface area contributed by atoms with Crippen LogP contribution in [0.5, 0.6) is 0 Å². The van der Waals surface area contributed by atoms with E-state index in [0.29, 0.717) is 6.42 Å². The smallest absolute Gasteiger partial charge is 0.120 e. The van der Waals surface area contributed by atoms with Gasteiger partial charge < -0.3 is 13.7 Å². The molecule has 0 fully saturated rings. The maximum Gasteiger partial charge on any atom is 0.120 e. The van der Waals surface area contributed by atoms with Crippen molar-refractivity contribution in [3.8, 4) is 0 Å². The zero-order chi connectivity index (χ0) is 21.3. The second-order valence-electron chi connectivity index (χ2n) is 7.36. The highest BCUT2D eigenvalue weighted by Crippen LogP contribution is 2.33. The average Bonchev–Trinajstić information content (AvgIpc) is 3.28. The van der Waals surface area contributed by atoms with E-state index in [2.05, 4.69) is 23.0 Å². The average molecular weight is 426 g/mol. The quantitative estimate of drug-likeness (QED) is 0.399. The van der Waals surface area contributed by atoms with E-state index in [-0.39, 0.29) is 18.1 Å². The highest BCUT2D eigenvalue weighted by Gasteiger charge is 2.26. The first-order valence-electron chi connectivity index (χ1n) is 10.3. The lowest BCUT2D eigenvalue weighted by molar-refractivity contribution is 0.457. The van der Waals surface area contributed by atoms with Crippen molar-refractivity contribution in [2.24, 2.45) is 0 Å². The molecule has 0 aliphatic rings. The van der Waals surface area contributed by atoms with Gasteiger partial charge in [0.05, 0.1) is 38.1 Å². The summed E-state index contributed by atoms with van der Waals surface area (Å²) in [7, 11) is -4.27. The SMILES string of the molecule is CCn1c(C(CCCS(=O)(=O)[O-])c2nc3ccccc3n2CC)nc2ccccc21. The molecule has 0 aliphatic heterocycles. The zero-order valence-corrected chi connectivity index (χ0v) is 18.0. The predicted octanol–water partition coefficient (Wildman–Crippen LogP) is 3.88. The molecule has 0 saturated carbocycles. The maximum absolute atomic E-state index is 11.2. The van der Waals surface area contributed by atoms with E-state index in [1.165, 1.54) is 0 Å². The molecule has 8 heteroatoms. The Labute approximate surface area is 176 Å². The van der Waals surface area contributed by atoms with Crippen LogP contribution in [0.15, 0.2) is 48.5 Å². The first-order valence-corrected chi connectivity index (χ1v) is 11.8. The van der Waals surface area contributed by atoms with Crippen LogP contribution >= 0.6 is 0 Å². The minimum atomic E-state index is -4.27. The number of hydrogen-bond donors (Lipinski definition) is 0. The number of nitrogens with zero attached hydrogens (tertiary/aromatic N) is 4. The van der Waals surface area contributed by atoms with Gasteiger partial charge in [0, 0.05) is 18.8 Å². The topological polar surface area (TPSA) is 92.8 Å². The Morgan fingerprint density at radius 3 is 1.77 bits per heavy atom. The summed E-state index contributed by atoms with van der Waals surface area (Å²) in [5.41, 5.74) is 3.87. The first kappa shape index (κ1) is 20.6. The molecule has 7 nitrogen and oxygen atoms in total. The molecule has 0 amide bonds. The number of aromatic nitrogens is 4. The van der Waals surface area contributed by atoms with E-state index in [1.807, 2.05) is 48.5 Å². The van der Waals surface area contributed by atoms with Gasteiger partial charge in [-0.2, -0.15) is 0 Å². The number of fused-ring (bicyclic) bond motifs is 2. The van der Waals surface area contributed by atoms with Gasteiger partial charge in [0.25, 0.3) is 0 Å². The third-order valence-electron chi connectivity index (χ3n) is 5.51. The molecule has 0 atom stereocenters. The summed E-state index contributed by atoms with van der Waals surface area (Å²) in [6.07, 6.45) is 0.741. The number of hydrogen-bond acceptors (Lipinski definition) is 5. The van der Waals surface area contributed by atoms with Crippen molar-refractivity contribution in [1.82, 2.24) is 19.1 Å². The zero-order valence-electron chi connectivity index (χ0n) is 17.2. The maximum atomic E-state index is 11.2. The van der Waals surface area contributed by atoms with Crippen molar-refractivity contribution in [3.05, 3.63) is 60.2 Å². The lowest BCUT2D eigenvalue weighted by atomic mass is 10.0. The molecule has 2 heterocycles. The molecule has 0 spiro atoms. The van der Waals surface area contributed by atoms with Gasteiger partial charge in [-0.15, -0.1) is 0 Å². The number of imidazole rings is 2. The Balaban J connectivity index is 1.88. The van der Waals surface area contributed by atoms with Crippen LogP contribution in [0.1, 0.15) is 44.3 Å². The van der Waals surface area contributed by atoms with Crippen LogP contribution in [0.3, 0.4) is 0 Å². The Morgan fingerprint density at radius 1 is 0.867 bits per heavy atom. The first-order chi connectivity index (χ1) is 14.4. The highest BCUT2D eigenvalue weighted by molar-refractivity contribution is 7.85. The van der Waals surface area contributed by atoms with Crippen LogP contribution in [0, 0.1) is 0 Å². The Morgan fingerprint density at radius 2 is 1.33 bits per heavy atom. The Hall–Kier alpha value is -2.71. The normalized spacial score (nSPS) is 12.4. The van der Waals surface area contributed by atoms with Gasteiger partial charge in [-0.3, -0.25) is 0 Å². The second-order valence-corrected chi connectivity index (χ2v) is 8.89. The molecule has 30 heavy (non-hydrogen) atoms. The summed E-state index contributed by atoms with van der Waals surface area (Å²) in [6.45, 7) is 5.61. The minimum absolute atomic E-state index is 0.216. The van der Waals surface area contributed by atoms with Gasteiger partial charge >= 0.3 is 0 Å². The van der Waals surface area contributed by atoms with Gasteiger partial charge in [0.15, 0.2) is 0 Å². The molecule has 4 rings (SSSR count). The summed E-state index contributed by atoms with van der Waals surface area (Å²) < 4.78 is 38.0. The van der Waals surface area contributed by atoms with Gasteiger partial charge in [-0.05, 0) is 51.0 Å². The Bertz CT molecular complexity index is 1210. The highest BCUT2D eigenvalue weighted by atomic mass is 32.2. The molecule has 4 aromatic rings. The largest absolute Gasteiger partial charge is 0.748 e. The predicted molar refractivity (Wildman–Crippen MR) is 116 cm³/mol. The number of aryl methyl sites for hydroxylation is 2. The fraction of sp³-hybridized carbons (Fsp3) is 0.364. The fourth-order valence-electron chi connectivity index (χ4n) is 4.22. The molecule has 0 aliphatic carbocycles. The molecule has 0 unspecified atom stereocenters. The summed E-state index contributed by atoms with van der Waals surface area (Å²) in [5.74, 6) is 1.10. The molecule has 158 valence electrons. The van der Waals surface area contributed by atoms with Crippen molar-refractivity contribution in [1.29, 1.82) is 0 Å². The molecular formula is C22H25N4O3S-. The molecule has 0 radical (unpaired) electrons. The second kappa shape index (κ2) is 8.20. The van der Waals surface area contributed by atoms with Gasteiger partial charge in [-0.25, -0.2) is 18.4 Å². The molecule has 2 aromatic heterocycles. The van der Waals surface area contributed by atoms with E-state index in [0.717, 1.165) is 46.8 Å². The fourth-order valence-corrected chi connectivity index (χ4v) is 4.74. The summed E-state index contributed by atoms with van der Waals surface area (Å²) in [4.78, 5) is 9.81. The number of rotatable bonds is 8. The summed E-state index contributed by atoms with van der Waals surface area (Å²) in [6, 6.07) is 15.9. The minimum Gasteiger partial charge on any atom is -0.748 e. The van der Waals surface area contributed by atoms with E-state index in [4.69, 9.17) is 9.97 Å². The lowest BCUT2D eigenvalue weighted by Gasteiger charge is -2.19. The van der Waals surface area contributed by atoms with Crippen molar-refractivity contribution >= 4 is 32.2 Å². The van der Waals surface area contributed by atoms with Crippen molar-refractivity contribution in [3.63, 3.8) is 0 Å². The van der Waals surface area contributed by atoms with Crippen LogP contribution in [-0.4, -0.2) is 37.8 Å². The molecule has 0 N–H and O–H groups in total. The summed E-state index contributed by atoms with van der Waals surface area (Å²) in [5, 5.41) is 0. The van der Waals surface area contributed by atoms with E-state index < -0.39 is 10.1 Å². The van der Waals surface area contributed by atoms with E-state index in [1.54, 1.807) is 0 Å². The molecule has 0 saturated heterocycles. The van der Waals surface area contributed by atoms with Crippen LogP contribution in [0.2, 0.25) is 0 Å². The third-order valence-corrected chi connectivity index (χ3v) is 6.30. The van der Waals surface area contributed by atoms with Crippen molar-refractivity contribution in [2.75, 3.05) is 5.75 Å². The van der Waals surface area contributed by atoms with Crippen LogP contribution < -0.4 is 0 Å². The molecule has 0 bridgehead atoms. The van der Waals surface area contributed by atoms with E-state index >= 15 is 0 Å². The van der Waals surface area contributed by atoms with Gasteiger partial charge in [-0.1, -0.05) is 24.3 Å². The van der Waals surface area contributed by atoms with Gasteiger partial charge in [0.1, 0.15) is 11.6 Å².